The number of benzene rings is 1. The van der Waals surface area contributed by atoms with Crippen LogP contribution in [0.4, 0.5) is 22.4 Å². The van der Waals surface area contributed by atoms with Gasteiger partial charge in [-0.05, 0) is 26.0 Å². The molecular weight excluding hydrogens is 488 g/mol. The zero-order chi connectivity index (χ0) is 27.4. The molecule has 0 saturated carbocycles. The Morgan fingerprint density at radius 1 is 1.14 bits per heavy atom. The zero-order valence-electron chi connectivity index (χ0n) is 20.1. The second-order valence-electron chi connectivity index (χ2n) is 8.13. The Labute approximate surface area is 206 Å². The lowest BCUT2D eigenvalue weighted by atomic mass is 10.00. The van der Waals surface area contributed by atoms with Gasteiger partial charge in [0.25, 0.3) is 0 Å². The number of halogens is 4. The molecule has 0 aliphatic carbocycles. The number of carbonyl (C=O) groups excluding carboxylic acids is 4. The number of nitrogens with zero attached hydrogens (tertiary/aromatic N) is 2. The minimum absolute atomic E-state index is 0.00743. The van der Waals surface area contributed by atoms with E-state index in [1.807, 2.05) is 4.90 Å². The first kappa shape index (κ1) is 30.6. The van der Waals surface area contributed by atoms with Crippen LogP contribution in [-0.2, 0) is 14.3 Å². The summed E-state index contributed by atoms with van der Waals surface area (Å²) >= 11 is 0. The Balaban J connectivity index is 0.000000697. The molecule has 1 heterocycles. The highest BCUT2D eigenvalue weighted by Crippen LogP contribution is 2.18. The van der Waals surface area contributed by atoms with Crippen LogP contribution < -0.4 is 10.6 Å². The number of hydrogen-bond acceptors (Lipinski definition) is 6. The van der Waals surface area contributed by atoms with Crippen LogP contribution in [-0.4, -0.2) is 91.6 Å². The number of carbonyl (C=O) groups is 4. The predicted octanol–water partition coefficient (Wildman–Crippen LogP) is 2.14. The number of ether oxygens (including phenoxy) is 1. The van der Waals surface area contributed by atoms with Gasteiger partial charge in [0, 0.05) is 31.7 Å². The van der Waals surface area contributed by atoms with E-state index in [4.69, 9.17) is 4.74 Å². The van der Waals surface area contributed by atoms with Gasteiger partial charge in [0.15, 0.2) is 5.78 Å². The molecule has 1 aromatic rings. The highest BCUT2D eigenvalue weighted by Gasteiger charge is 2.37. The second kappa shape index (κ2) is 14.2. The van der Waals surface area contributed by atoms with Crippen molar-refractivity contribution in [3.63, 3.8) is 0 Å². The molecule has 2 rings (SSSR count). The summed E-state index contributed by atoms with van der Waals surface area (Å²) < 4.78 is 51.3. The average Bonchev–Trinajstić information content (AvgIpc) is 2.84. The zero-order valence-corrected chi connectivity index (χ0v) is 20.1. The summed E-state index contributed by atoms with van der Waals surface area (Å²) in [5.74, 6) is -1.17. The van der Waals surface area contributed by atoms with Gasteiger partial charge in [-0.1, -0.05) is 24.8 Å². The summed E-state index contributed by atoms with van der Waals surface area (Å²) in [4.78, 5) is 49.4. The van der Waals surface area contributed by atoms with Crippen molar-refractivity contribution >= 4 is 24.2 Å². The molecule has 1 aromatic carbocycles. The third kappa shape index (κ3) is 10.4. The van der Waals surface area contributed by atoms with Crippen LogP contribution in [0.25, 0.3) is 0 Å². The summed E-state index contributed by atoms with van der Waals surface area (Å²) in [7, 11) is 0. The first-order valence-corrected chi connectivity index (χ1v) is 10.9. The molecule has 0 spiro atoms. The standard InChI is InChI=1S/C20H26FN3O4.C3H4F3NO/c1-4-12-28-19(27)23-8-10-24(11-9-23)20(2,3)18(26)22-14-17(25)15-6-5-7-16(21)13-15;4-3(5,6)1-7-2-8/h4-7,13H,1,8-12,14H2,2-3H3,(H,22,26);2H,1H2,(H,7,8). The molecule has 3 amide bonds. The van der Waals surface area contributed by atoms with Gasteiger partial charge in [-0.25, -0.2) is 9.18 Å². The van der Waals surface area contributed by atoms with Gasteiger partial charge in [-0.15, -0.1) is 0 Å². The van der Waals surface area contributed by atoms with Gasteiger partial charge in [-0.3, -0.25) is 19.3 Å². The van der Waals surface area contributed by atoms with Crippen molar-refractivity contribution in [1.82, 2.24) is 20.4 Å². The molecule has 13 heteroatoms. The first-order chi connectivity index (χ1) is 16.8. The third-order valence-corrected chi connectivity index (χ3v) is 5.15. The van der Waals surface area contributed by atoms with Crippen LogP contribution in [0, 0.1) is 5.82 Å². The number of piperazine rings is 1. The van der Waals surface area contributed by atoms with Crippen LogP contribution in [0.1, 0.15) is 24.2 Å². The number of ketones is 1. The number of alkyl halides is 3. The summed E-state index contributed by atoms with van der Waals surface area (Å²) in [6, 6.07) is 5.36. The molecule has 1 aliphatic heterocycles. The van der Waals surface area contributed by atoms with Gasteiger partial charge in [0.05, 0.1) is 12.1 Å². The maximum absolute atomic E-state index is 13.2. The van der Waals surface area contributed by atoms with Gasteiger partial charge >= 0.3 is 12.3 Å². The van der Waals surface area contributed by atoms with Crippen LogP contribution in [0.2, 0.25) is 0 Å². The Morgan fingerprint density at radius 3 is 2.28 bits per heavy atom. The van der Waals surface area contributed by atoms with Crippen molar-refractivity contribution in [3.05, 3.63) is 48.3 Å². The van der Waals surface area contributed by atoms with Gasteiger partial charge in [0.1, 0.15) is 19.0 Å². The summed E-state index contributed by atoms with van der Waals surface area (Å²) in [6.07, 6.45) is -3.18. The van der Waals surface area contributed by atoms with Crippen LogP contribution >= 0.6 is 0 Å². The second-order valence-corrected chi connectivity index (χ2v) is 8.13. The van der Waals surface area contributed by atoms with E-state index in [0.717, 1.165) is 6.07 Å². The lowest BCUT2D eigenvalue weighted by Gasteiger charge is -2.42. The van der Waals surface area contributed by atoms with E-state index in [1.165, 1.54) is 29.6 Å². The smallest absolute Gasteiger partial charge is 0.410 e. The van der Waals surface area contributed by atoms with Gasteiger partial charge < -0.3 is 20.3 Å². The Hall–Kier alpha value is -3.48. The fourth-order valence-corrected chi connectivity index (χ4v) is 3.11. The molecular formula is C23H30F4N4O5. The van der Waals surface area contributed by atoms with E-state index >= 15 is 0 Å². The molecule has 1 fully saturated rings. The SMILES string of the molecule is C=CCOC(=O)N1CCN(C(C)(C)C(=O)NCC(=O)c2cccc(F)c2)CC1.O=CNCC(F)(F)F. The molecule has 0 bridgehead atoms. The fourth-order valence-electron chi connectivity index (χ4n) is 3.11. The van der Waals surface area contributed by atoms with Crippen molar-refractivity contribution in [3.8, 4) is 0 Å². The summed E-state index contributed by atoms with van der Waals surface area (Å²) in [5.41, 5.74) is -0.649. The molecule has 9 nitrogen and oxygen atoms in total. The fraction of sp³-hybridized carbons (Fsp3) is 0.478. The molecule has 1 aliphatic rings. The summed E-state index contributed by atoms with van der Waals surface area (Å²) in [5, 5.41) is 4.11. The first-order valence-electron chi connectivity index (χ1n) is 10.9. The lowest BCUT2D eigenvalue weighted by molar-refractivity contribution is -0.132. The predicted molar refractivity (Wildman–Crippen MR) is 123 cm³/mol. The lowest BCUT2D eigenvalue weighted by Crippen LogP contribution is -2.61. The van der Waals surface area contributed by atoms with Gasteiger partial charge in [-0.2, -0.15) is 13.2 Å². The molecule has 200 valence electrons. The highest BCUT2D eigenvalue weighted by molar-refractivity contribution is 6.00. The Bertz CT molecular complexity index is 916. The third-order valence-electron chi connectivity index (χ3n) is 5.15. The largest absolute Gasteiger partial charge is 0.445 e. The monoisotopic (exact) mass is 518 g/mol. The maximum Gasteiger partial charge on any atom is 0.410 e. The Kier molecular flexibility index (Phi) is 12.0. The van der Waals surface area contributed by atoms with Crippen molar-refractivity contribution in [2.45, 2.75) is 25.6 Å². The molecule has 0 radical (unpaired) electrons. The van der Waals surface area contributed by atoms with Gasteiger partial charge in [0.2, 0.25) is 12.3 Å². The Morgan fingerprint density at radius 2 is 1.78 bits per heavy atom. The normalized spacial score (nSPS) is 14.1. The molecule has 1 saturated heterocycles. The van der Waals surface area contributed by atoms with Crippen LogP contribution in [0.5, 0.6) is 0 Å². The quantitative estimate of drug-likeness (QED) is 0.225. The average molecular weight is 519 g/mol. The summed E-state index contributed by atoms with van der Waals surface area (Å²) in [6.45, 7) is 7.61. The number of rotatable bonds is 9. The molecule has 2 N–H and O–H groups in total. The van der Waals surface area contributed by atoms with Crippen molar-refractivity contribution in [1.29, 1.82) is 0 Å². The number of amides is 3. The highest BCUT2D eigenvalue weighted by atomic mass is 19.4. The van der Waals surface area contributed by atoms with Crippen LogP contribution in [0.3, 0.4) is 0 Å². The molecule has 0 atom stereocenters. The van der Waals surface area contributed by atoms with E-state index in [9.17, 15) is 36.7 Å². The number of hydrogen-bond donors (Lipinski definition) is 2. The maximum atomic E-state index is 13.2. The molecule has 36 heavy (non-hydrogen) atoms. The van der Waals surface area contributed by atoms with Crippen molar-refractivity contribution in [2.24, 2.45) is 0 Å². The minimum Gasteiger partial charge on any atom is -0.445 e. The van der Waals surface area contributed by atoms with Crippen molar-refractivity contribution < 1.29 is 41.5 Å². The topological polar surface area (TPSA) is 108 Å². The van der Waals surface area contributed by atoms with E-state index in [-0.39, 0.29) is 36.8 Å². The molecule has 0 aromatic heterocycles. The van der Waals surface area contributed by atoms with E-state index in [2.05, 4.69) is 11.9 Å². The molecule has 0 unspecified atom stereocenters. The van der Waals surface area contributed by atoms with E-state index in [0.29, 0.717) is 26.2 Å². The minimum atomic E-state index is -4.29. The van der Waals surface area contributed by atoms with Crippen molar-refractivity contribution in [2.75, 3.05) is 45.9 Å². The van der Waals surface area contributed by atoms with E-state index < -0.39 is 30.2 Å². The van der Waals surface area contributed by atoms with Crippen LogP contribution in [0.15, 0.2) is 36.9 Å². The van der Waals surface area contributed by atoms with E-state index in [1.54, 1.807) is 18.7 Å². The number of Topliss-reactive ketones (excluding diaryl/α,β-unsaturated/α-hetero) is 1. The number of nitrogens with one attached hydrogen (secondary N) is 2.